The van der Waals surface area contributed by atoms with Crippen molar-refractivity contribution in [1.29, 1.82) is 0 Å². The van der Waals surface area contributed by atoms with E-state index < -0.39 is 16.9 Å². The topological polar surface area (TPSA) is 80.4 Å². The summed E-state index contributed by atoms with van der Waals surface area (Å²) in [6.45, 7) is 0. The zero-order valence-corrected chi connectivity index (χ0v) is 12.6. The minimum atomic E-state index is -1.67. The summed E-state index contributed by atoms with van der Waals surface area (Å²) in [4.78, 5) is 20.0. The number of carboxylic acids is 1. The standard InChI is InChI=1S/C8H7NO4.2Na.2H/c10-8(11)7(9(12)13)6-4-2-1-3-5-6;;;;/h1-5,7H,(H,10,11);;;;/q;2*+1;2*-1. The molecule has 1 unspecified atom stereocenters. The van der Waals surface area contributed by atoms with Crippen molar-refractivity contribution in [3.63, 3.8) is 0 Å². The monoisotopic (exact) mass is 229 g/mol. The van der Waals surface area contributed by atoms with E-state index in [0.29, 0.717) is 0 Å². The van der Waals surface area contributed by atoms with E-state index in [1.54, 1.807) is 18.2 Å². The van der Waals surface area contributed by atoms with Gasteiger partial charge in [0.15, 0.2) is 0 Å². The molecule has 5 nitrogen and oxygen atoms in total. The van der Waals surface area contributed by atoms with Crippen LogP contribution in [-0.2, 0) is 4.79 Å². The molecule has 1 aromatic carbocycles. The first-order valence-corrected chi connectivity index (χ1v) is 3.54. The van der Waals surface area contributed by atoms with Gasteiger partial charge in [-0.05, 0) is 0 Å². The number of nitrogens with zero attached hydrogens (tertiary/aromatic N) is 1. The Balaban J connectivity index is -0.000000211. The molecule has 0 saturated heterocycles. The SMILES string of the molecule is O=C(O)C(c1ccccc1)[N+](=O)[O-].[H-].[H-].[Na+].[Na+]. The first-order chi connectivity index (χ1) is 6.13. The molecular weight excluding hydrogens is 220 g/mol. The Hall–Kier alpha value is 0.0900. The van der Waals surface area contributed by atoms with Crippen molar-refractivity contribution >= 4 is 5.97 Å². The van der Waals surface area contributed by atoms with Gasteiger partial charge in [-0.1, -0.05) is 30.3 Å². The van der Waals surface area contributed by atoms with Crippen molar-refractivity contribution in [2.75, 3.05) is 0 Å². The molecule has 0 radical (unpaired) electrons. The molecule has 15 heavy (non-hydrogen) atoms. The molecule has 1 aromatic rings. The molecule has 0 spiro atoms. The van der Waals surface area contributed by atoms with Crippen LogP contribution in [0.1, 0.15) is 14.5 Å². The molecule has 0 fully saturated rings. The van der Waals surface area contributed by atoms with Crippen LogP contribution in [0.25, 0.3) is 0 Å². The van der Waals surface area contributed by atoms with Crippen molar-refractivity contribution in [2.45, 2.75) is 6.04 Å². The largest absolute Gasteiger partial charge is 1.00 e. The van der Waals surface area contributed by atoms with Crippen LogP contribution in [0.5, 0.6) is 0 Å². The predicted molar refractivity (Wildman–Crippen MR) is 46.0 cm³/mol. The van der Waals surface area contributed by atoms with Crippen molar-refractivity contribution in [3.05, 3.63) is 46.0 Å². The molecule has 0 aliphatic heterocycles. The van der Waals surface area contributed by atoms with Gasteiger partial charge in [0.2, 0.25) is 0 Å². The third-order valence-corrected chi connectivity index (χ3v) is 1.56. The zero-order valence-electron chi connectivity index (χ0n) is 10.6. The van der Waals surface area contributed by atoms with Crippen LogP contribution in [0.15, 0.2) is 30.3 Å². The average Bonchev–Trinajstić information content (AvgIpc) is 2.04. The van der Waals surface area contributed by atoms with Gasteiger partial charge >= 0.3 is 71.1 Å². The van der Waals surface area contributed by atoms with E-state index in [0.717, 1.165) is 0 Å². The number of hydrogen-bond acceptors (Lipinski definition) is 3. The van der Waals surface area contributed by atoms with Gasteiger partial charge in [0, 0.05) is 10.5 Å². The molecule has 7 heteroatoms. The van der Waals surface area contributed by atoms with Crippen LogP contribution in [0.4, 0.5) is 0 Å². The summed E-state index contributed by atoms with van der Waals surface area (Å²) in [6, 6.07) is 5.97. The summed E-state index contributed by atoms with van der Waals surface area (Å²) in [5.41, 5.74) is 0.181. The van der Waals surface area contributed by atoms with E-state index in [4.69, 9.17) is 5.11 Å². The van der Waals surface area contributed by atoms with E-state index in [9.17, 15) is 14.9 Å². The fourth-order valence-corrected chi connectivity index (χ4v) is 0.990. The second kappa shape index (κ2) is 8.27. The van der Waals surface area contributed by atoms with E-state index in [1.807, 2.05) is 0 Å². The van der Waals surface area contributed by atoms with Gasteiger partial charge in [-0.25, -0.2) is 4.79 Å². The maximum absolute atomic E-state index is 10.5. The van der Waals surface area contributed by atoms with Gasteiger partial charge in [0.25, 0.3) is 0 Å². The van der Waals surface area contributed by atoms with Crippen molar-refractivity contribution < 1.29 is 76.8 Å². The van der Waals surface area contributed by atoms with E-state index in [-0.39, 0.29) is 67.5 Å². The number of benzene rings is 1. The van der Waals surface area contributed by atoms with Gasteiger partial charge in [0.05, 0.1) is 0 Å². The maximum atomic E-state index is 10.5. The molecule has 0 heterocycles. The second-order valence-corrected chi connectivity index (χ2v) is 2.44. The molecule has 0 aliphatic rings. The Kier molecular flexibility index (Phi) is 9.63. The number of aliphatic carboxylic acids is 1. The fraction of sp³-hybridized carbons (Fsp3) is 0.125. The Bertz CT molecular complexity index is 326. The number of nitro groups is 1. The average molecular weight is 229 g/mol. The molecule has 0 aliphatic carbocycles. The summed E-state index contributed by atoms with van der Waals surface area (Å²) in [7, 11) is 0. The Morgan fingerprint density at radius 1 is 1.33 bits per heavy atom. The van der Waals surface area contributed by atoms with Crippen molar-refractivity contribution in [2.24, 2.45) is 0 Å². The van der Waals surface area contributed by atoms with Crippen LogP contribution in [0, 0.1) is 10.1 Å². The quantitative estimate of drug-likeness (QED) is 0.321. The third kappa shape index (κ3) is 5.10. The molecule has 72 valence electrons. The summed E-state index contributed by atoms with van der Waals surface area (Å²) >= 11 is 0. The molecule has 1 atom stereocenters. The Morgan fingerprint density at radius 2 is 1.80 bits per heavy atom. The van der Waals surface area contributed by atoms with Crippen LogP contribution in [0.2, 0.25) is 0 Å². The molecule has 0 aromatic heterocycles. The smallest absolute Gasteiger partial charge is 1.00 e. The third-order valence-electron chi connectivity index (χ3n) is 1.56. The van der Waals surface area contributed by atoms with Gasteiger partial charge in [-0.3, -0.25) is 10.1 Å². The molecule has 1 N–H and O–H groups in total. The van der Waals surface area contributed by atoms with Crippen molar-refractivity contribution in [1.82, 2.24) is 0 Å². The minimum Gasteiger partial charge on any atom is -1.00 e. The molecule has 0 amide bonds. The van der Waals surface area contributed by atoms with Crippen LogP contribution >= 0.6 is 0 Å². The molecule has 0 bridgehead atoms. The maximum Gasteiger partial charge on any atom is 1.00 e. The summed E-state index contributed by atoms with van der Waals surface area (Å²) in [5, 5.41) is 18.9. The fourth-order valence-electron chi connectivity index (χ4n) is 0.990. The van der Waals surface area contributed by atoms with Gasteiger partial charge in [-0.2, -0.15) is 0 Å². The molecule has 0 saturated carbocycles. The van der Waals surface area contributed by atoms with E-state index in [2.05, 4.69) is 0 Å². The van der Waals surface area contributed by atoms with Crippen LogP contribution < -0.4 is 59.1 Å². The minimum absolute atomic E-state index is 0. The summed E-state index contributed by atoms with van der Waals surface area (Å²) in [6.07, 6.45) is 0. The number of rotatable bonds is 3. The Labute approximate surface area is 134 Å². The molecule has 1 rings (SSSR count). The van der Waals surface area contributed by atoms with Gasteiger partial charge in [0.1, 0.15) is 0 Å². The van der Waals surface area contributed by atoms with E-state index >= 15 is 0 Å². The van der Waals surface area contributed by atoms with Crippen LogP contribution in [0.3, 0.4) is 0 Å². The first-order valence-electron chi connectivity index (χ1n) is 3.54. The predicted octanol–water partition coefficient (Wildman–Crippen LogP) is -4.68. The summed E-state index contributed by atoms with van der Waals surface area (Å²) in [5.74, 6) is -1.45. The normalized spacial score (nSPS) is 10.4. The number of carboxylic acid groups (broad SMARTS) is 1. The van der Waals surface area contributed by atoms with Gasteiger partial charge < -0.3 is 7.96 Å². The zero-order chi connectivity index (χ0) is 9.84. The first kappa shape index (κ1) is 17.5. The summed E-state index contributed by atoms with van der Waals surface area (Å²) < 4.78 is 0. The number of carbonyl (C=O) groups is 1. The second-order valence-electron chi connectivity index (χ2n) is 2.44. The number of hydrogen-bond donors (Lipinski definition) is 1. The Morgan fingerprint density at radius 3 is 2.13 bits per heavy atom. The van der Waals surface area contributed by atoms with Crippen molar-refractivity contribution in [3.8, 4) is 0 Å². The molecular formula is C8H9NNa2O4. The van der Waals surface area contributed by atoms with E-state index in [1.165, 1.54) is 12.1 Å². The van der Waals surface area contributed by atoms with Crippen LogP contribution in [-0.4, -0.2) is 16.0 Å². The van der Waals surface area contributed by atoms with Gasteiger partial charge in [-0.15, -0.1) is 0 Å².